The molecule has 0 radical (unpaired) electrons. The number of halogens is 1. The van der Waals surface area contributed by atoms with Gasteiger partial charge in [0, 0.05) is 24.4 Å². The predicted octanol–water partition coefficient (Wildman–Crippen LogP) is 2.78. The summed E-state index contributed by atoms with van der Waals surface area (Å²) in [5.74, 6) is 0.748. The van der Waals surface area contributed by atoms with Gasteiger partial charge in [0.2, 0.25) is 0 Å². The number of benzene rings is 1. The van der Waals surface area contributed by atoms with Crippen LogP contribution >= 0.6 is 11.6 Å². The van der Waals surface area contributed by atoms with E-state index in [-0.39, 0.29) is 12.6 Å². The molecule has 25 heavy (non-hydrogen) atoms. The van der Waals surface area contributed by atoms with E-state index < -0.39 is 6.04 Å². The summed E-state index contributed by atoms with van der Waals surface area (Å²) in [5, 5.41) is 7.38. The first-order chi connectivity index (χ1) is 12.1. The molecule has 0 spiro atoms. The van der Waals surface area contributed by atoms with Crippen molar-refractivity contribution in [1.29, 1.82) is 0 Å². The maximum absolute atomic E-state index is 12.7. The highest BCUT2D eigenvalue weighted by atomic mass is 35.5. The van der Waals surface area contributed by atoms with Crippen LogP contribution in [0, 0.1) is 6.92 Å². The highest BCUT2D eigenvalue weighted by Gasteiger charge is 2.32. The zero-order valence-electron chi connectivity index (χ0n) is 14.0. The Balaban J connectivity index is 1.74. The molecule has 2 heterocycles. The van der Waals surface area contributed by atoms with Gasteiger partial charge in [0.15, 0.2) is 5.82 Å². The molecular weight excluding hydrogens is 348 g/mol. The molecule has 2 amide bonds. The lowest BCUT2D eigenvalue weighted by Gasteiger charge is -2.33. The number of hydrogen-bond donors (Lipinski definition) is 1. The van der Waals surface area contributed by atoms with Crippen LogP contribution in [0.2, 0.25) is 5.02 Å². The number of methoxy groups -OCH3 is 1. The molecule has 3 rings (SSSR count). The lowest BCUT2D eigenvalue weighted by Crippen LogP contribution is -2.45. The molecule has 2 aromatic rings. The molecule has 0 aliphatic carbocycles. The number of anilines is 1. The van der Waals surface area contributed by atoms with Gasteiger partial charge >= 0.3 is 6.03 Å². The fourth-order valence-corrected chi connectivity index (χ4v) is 2.69. The number of hydrogen-bond acceptors (Lipinski definition) is 6. The van der Waals surface area contributed by atoms with E-state index in [1.165, 1.54) is 0 Å². The van der Waals surface area contributed by atoms with Crippen molar-refractivity contribution < 1.29 is 18.8 Å². The Morgan fingerprint density at radius 2 is 2.36 bits per heavy atom. The Morgan fingerprint density at radius 1 is 1.52 bits per heavy atom. The van der Waals surface area contributed by atoms with E-state index in [0.717, 1.165) is 5.56 Å². The van der Waals surface area contributed by atoms with Crippen LogP contribution in [0.3, 0.4) is 0 Å². The van der Waals surface area contributed by atoms with E-state index in [2.05, 4.69) is 15.5 Å². The third-order valence-electron chi connectivity index (χ3n) is 3.86. The Hall–Kier alpha value is -2.16. The molecule has 1 aliphatic rings. The standard InChI is InChI=1S/C16H19ClN4O4/c1-10-3-4-11(7-12(10)17)18-16(22)21-5-6-24-8-13(21)15-19-14(9-23-2)25-20-15/h3-4,7,13H,5-6,8-9H2,1-2H3,(H,18,22)/t13-/m1/s1. The van der Waals surface area contributed by atoms with Crippen LogP contribution in [0.4, 0.5) is 10.5 Å². The number of carbonyl (C=O) groups excluding carboxylic acids is 1. The molecule has 1 aromatic heterocycles. The molecule has 1 saturated heterocycles. The number of ether oxygens (including phenoxy) is 2. The van der Waals surface area contributed by atoms with Crippen molar-refractivity contribution in [2.75, 3.05) is 32.2 Å². The third-order valence-corrected chi connectivity index (χ3v) is 4.27. The maximum atomic E-state index is 12.7. The maximum Gasteiger partial charge on any atom is 0.322 e. The van der Waals surface area contributed by atoms with Crippen LogP contribution in [0.25, 0.3) is 0 Å². The van der Waals surface area contributed by atoms with Gasteiger partial charge in [-0.15, -0.1) is 0 Å². The molecule has 1 fully saturated rings. The molecule has 9 heteroatoms. The summed E-state index contributed by atoms with van der Waals surface area (Å²) in [4.78, 5) is 18.6. The van der Waals surface area contributed by atoms with Gasteiger partial charge in [-0.3, -0.25) is 0 Å². The number of morpholine rings is 1. The minimum atomic E-state index is -0.427. The van der Waals surface area contributed by atoms with Gasteiger partial charge in [-0.25, -0.2) is 4.79 Å². The zero-order valence-corrected chi connectivity index (χ0v) is 14.7. The average Bonchev–Trinajstić information content (AvgIpc) is 3.07. The Morgan fingerprint density at radius 3 is 3.12 bits per heavy atom. The molecular formula is C16H19ClN4O4. The number of amides is 2. The monoisotopic (exact) mass is 366 g/mol. The van der Waals surface area contributed by atoms with Gasteiger partial charge in [-0.2, -0.15) is 4.98 Å². The molecule has 1 atom stereocenters. The number of urea groups is 1. The Bertz CT molecular complexity index is 751. The minimum Gasteiger partial charge on any atom is -0.377 e. The summed E-state index contributed by atoms with van der Waals surface area (Å²) >= 11 is 6.11. The van der Waals surface area contributed by atoms with Crippen molar-refractivity contribution in [3.63, 3.8) is 0 Å². The topological polar surface area (TPSA) is 89.7 Å². The van der Waals surface area contributed by atoms with Crippen LogP contribution in [-0.2, 0) is 16.1 Å². The van der Waals surface area contributed by atoms with Crippen LogP contribution in [0.15, 0.2) is 22.7 Å². The molecule has 134 valence electrons. The predicted molar refractivity (Wildman–Crippen MR) is 90.5 cm³/mol. The lowest BCUT2D eigenvalue weighted by atomic mass is 10.2. The number of nitrogens with one attached hydrogen (secondary N) is 1. The number of rotatable bonds is 4. The Kier molecular flexibility index (Phi) is 5.52. The summed E-state index contributed by atoms with van der Waals surface area (Å²) < 4.78 is 15.6. The van der Waals surface area contributed by atoms with Crippen LogP contribution < -0.4 is 5.32 Å². The van der Waals surface area contributed by atoms with Crippen LogP contribution in [-0.4, -0.2) is 47.9 Å². The smallest absolute Gasteiger partial charge is 0.322 e. The first kappa shape index (κ1) is 17.7. The van der Waals surface area contributed by atoms with Crippen molar-refractivity contribution in [2.45, 2.75) is 19.6 Å². The summed E-state index contributed by atoms with van der Waals surface area (Å²) in [6.07, 6.45) is 0. The van der Waals surface area contributed by atoms with Crippen molar-refractivity contribution in [2.24, 2.45) is 0 Å². The van der Waals surface area contributed by atoms with Crippen molar-refractivity contribution in [3.8, 4) is 0 Å². The number of carbonyl (C=O) groups is 1. The van der Waals surface area contributed by atoms with E-state index in [1.807, 2.05) is 13.0 Å². The summed E-state index contributed by atoms with van der Waals surface area (Å²) in [7, 11) is 1.54. The Labute approximate surface area is 150 Å². The van der Waals surface area contributed by atoms with Crippen LogP contribution in [0.5, 0.6) is 0 Å². The third kappa shape index (κ3) is 4.09. The summed E-state index contributed by atoms with van der Waals surface area (Å²) in [5.41, 5.74) is 1.57. The largest absolute Gasteiger partial charge is 0.377 e. The van der Waals surface area contributed by atoms with Crippen molar-refractivity contribution >= 4 is 23.3 Å². The number of aromatic nitrogens is 2. The first-order valence-electron chi connectivity index (χ1n) is 7.81. The van der Waals surface area contributed by atoms with E-state index >= 15 is 0 Å². The molecule has 8 nitrogen and oxygen atoms in total. The summed E-state index contributed by atoms with van der Waals surface area (Å²) in [6, 6.07) is 4.68. The van der Waals surface area contributed by atoms with Gasteiger partial charge in [0.05, 0.1) is 13.2 Å². The van der Waals surface area contributed by atoms with Crippen molar-refractivity contribution in [1.82, 2.24) is 15.0 Å². The zero-order chi connectivity index (χ0) is 17.8. The highest BCUT2D eigenvalue weighted by molar-refractivity contribution is 6.31. The minimum absolute atomic E-state index is 0.217. The SMILES string of the molecule is COCc1nc([C@H]2COCCN2C(=O)Nc2ccc(C)c(Cl)c2)no1. The van der Waals surface area contributed by atoms with Gasteiger partial charge in [0.25, 0.3) is 5.89 Å². The normalized spacial score (nSPS) is 17.6. The van der Waals surface area contributed by atoms with E-state index in [9.17, 15) is 4.79 Å². The van der Waals surface area contributed by atoms with E-state index in [0.29, 0.717) is 42.2 Å². The van der Waals surface area contributed by atoms with Gasteiger partial charge in [-0.1, -0.05) is 22.8 Å². The molecule has 0 bridgehead atoms. The summed E-state index contributed by atoms with van der Waals surface area (Å²) in [6.45, 7) is 3.29. The first-order valence-corrected chi connectivity index (χ1v) is 8.19. The van der Waals surface area contributed by atoms with Crippen molar-refractivity contribution in [3.05, 3.63) is 40.5 Å². The van der Waals surface area contributed by atoms with Crippen LogP contribution in [0.1, 0.15) is 23.3 Å². The van der Waals surface area contributed by atoms with Gasteiger partial charge in [0.1, 0.15) is 12.6 Å². The van der Waals surface area contributed by atoms with Gasteiger partial charge in [-0.05, 0) is 24.6 Å². The second-order valence-corrected chi connectivity index (χ2v) is 6.06. The number of aryl methyl sites for hydroxylation is 1. The second kappa shape index (κ2) is 7.81. The van der Waals surface area contributed by atoms with Gasteiger partial charge < -0.3 is 24.2 Å². The fraction of sp³-hybridized carbons (Fsp3) is 0.438. The molecule has 1 N–H and O–H groups in total. The highest BCUT2D eigenvalue weighted by Crippen LogP contribution is 2.25. The molecule has 1 aliphatic heterocycles. The van der Waals surface area contributed by atoms with E-state index in [4.69, 9.17) is 25.6 Å². The second-order valence-electron chi connectivity index (χ2n) is 5.66. The van der Waals surface area contributed by atoms with E-state index in [1.54, 1.807) is 24.1 Å². The lowest BCUT2D eigenvalue weighted by molar-refractivity contribution is 0.0110. The molecule has 0 unspecified atom stereocenters. The fourth-order valence-electron chi connectivity index (χ4n) is 2.51. The molecule has 1 aromatic carbocycles. The number of nitrogens with zero attached hydrogens (tertiary/aromatic N) is 3. The average molecular weight is 367 g/mol. The molecule has 0 saturated carbocycles. The quantitative estimate of drug-likeness (QED) is 0.894.